The van der Waals surface area contributed by atoms with Crippen LogP contribution in [0.15, 0.2) is 51.7 Å². The number of carbonyl (C=O) groups excluding carboxylic acids is 1. The fourth-order valence-electron chi connectivity index (χ4n) is 3.02. The summed E-state index contributed by atoms with van der Waals surface area (Å²) in [7, 11) is 0. The van der Waals surface area contributed by atoms with Crippen LogP contribution in [0, 0.1) is 5.82 Å². The molecule has 0 saturated heterocycles. The van der Waals surface area contributed by atoms with E-state index in [-0.39, 0.29) is 18.3 Å². The Morgan fingerprint density at radius 2 is 2.16 bits per heavy atom. The summed E-state index contributed by atoms with van der Waals surface area (Å²) in [5, 5.41) is 7.50. The molecule has 0 bridgehead atoms. The summed E-state index contributed by atoms with van der Waals surface area (Å²) in [6.07, 6.45) is 1.87. The maximum absolute atomic E-state index is 14.2. The van der Waals surface area contributed by atoms with Gasteiger partial charge in [-0.3, -0.25) is 4.79 Å². The third-order valence-electron chi connectivity index (χ3n) is 4.26. The molecule has 5 nitrogen and oxygen atoms in total. The molecule has 0 unspecified atom stereocenters. The molecule has 25 heavy (non-hydrogen) atoms. The van der Waals surface area contributed by atoms with Crippen LogP contribution in [0.25, 0.3) is 11.5 Å². The molecule has 0 radical (unpaired) electrons. The van der Waals surface area contributed by atoms with Crippen molar-refractivity contribution in [3.63, 3.8) is 0 Å². The number of fused-ring (bicyclic) bond motifs is 1. The molecule has 0 N–H and O–H groups in total. The van der Waals surface area contributed by atoms with Gasteiger partial charge in [0, 0.05) is 34.3 Å². The van der Waals surface area contributed by atoms with Crippen molar-refractivity contribution in [3.8, 4) is 11.5 Å². The Hall–Kier alpha value is -2.54. The normalized spacial score (nSPS) is 13.6. The summed E-state index contributed by atoms with van der Waals surface area (Å²) in [4.78, 5) is 14.5. The van der Waals surface area contributed by atoms with Gasteiger partial charge in [-0.25, -0.2) is 4.39 Å². The van der Waals surface area contributed by atoms with E-state index in [0.29, 0.717) is 35.5 Å². The Labute approximate surface area is 151 Å². The van der Waals surface area contributed by atoms with Crippen molar-refractivity contribution in [3.05, 3.63) is 69.8 Å². The third-order valence-corrected chi connectivity index (χ3v) is 4.71. The van der Waals surface area contributed by atoms with Gasteiger partial charge in [0.1, 0.15) is 5.82 Å². The largest absolute Gasteiger partial charge is 0.423 e. The van der Waals surface area contributed by atoms with Crippen LogP contribution in [-0.2, 0) is 13.0 Å². The van der Waals surface area contributed by atoms with E-state index in [1.54, 1.807) is 29.2 Å². The second-order valence-corrected chi connectivity index (χ2v) is 6.74. The molecule has 1 aliphatic rings. The molecule has 1 aromatic heterocycles. The van der Waals surface area contributed by atoms with E-state index in [0.717, 1.165) is 10.0 Å². The molecule has 2 heterocycles. The lowest BCUT2D eigenvalue weighted by Gasteiger charge is -2.29. The quantitative estimate of drug-likeness (QED) is 0.654. The lowest BCUT2D eigenvalue weighted by atomic mass is 9.98. The topological polar surface area (TPSA) is 59.2 Å². The van der Waals surface area contributed by atoms with Gasteiger partial charge in [0.25, 0.3) is 5.91 Å². The highest BCUT2D eigenvalue weighted by Gasteiger charge is 2.24. The number of hydrogen-bond acceptors (Lipinski definition) is 4. The number of halogens is 2. The molecule has 0 atom stereocenters. The number of hydrogen-bond donors (Lipinski definition) is 0. The standard InChI is InChI=1S/C18H13BrFN3O2/c19-14-7-11-4-5-23(9-15(11)16(20)8-14)18(24)13-3-1-2-12(6-13)17-22-21-10-25-17/h1-3,6-8,10H,4-5,9H2. The minimum Gasteiger partial charge on any atom is -0.423 e. The van der Waals surface area contributed by atoms with Crippen LogP contribution in [0.4, 0.5) is 4.39 Å². The van der Waals surface area contributed by atoms with Gasteiger partial charge in [-0.05, 0) is 42.3 Å². The average molecular weight is 402 g/mol. The van der Waals surface area contributed by atoms with Gasteiger partial charge in [-0.15, -0.1) is 10.2 Å². The Balaban J connectivity index is 1.61. The monoisotopic (exact) mass is 401 g/mol. The van der Waals surface area contributed by atoms with Crippen LogP contribution in [0.5, 0.6) is 0 Å². The first-order valence-electron chi connectivity index (χ1n) is 7.74. The highest BCUT2D eigenvalue weighted by Crippen LogP contribution is 2.27. The summed E-state index contributed by atoms with van der Waals surface area (Å²) >= 11 is 3.31. The predicted molar refractivity (Wildman–Crippen MR) is 92.3 cm³/mol. The van der Waals surface area contributed by atoms with Crippen LogP contribution in [-0.4, -0.2) is 27.5 Å². The van der Waals surface area contributed by atoms with Crippen molar-refractivity contribution >= 4 is 21.8 Å². The van der Waals surface area contributed by atoms with Crippen LogP contribution in [0.2, 0.25) is 0 Å². The van der Waals surface area contributed by atoms with Gasteiger partial charge < -0.3 is 9.32 Å². The molecular weight excluding hydrogens is 389 g/mol. The van der Waals surface area contributed by atoms with E-state index in [2.05, 4.69) is 26.1 Å². The molecule has 0 saturated carbocycles. The van der Waals surface area contributed by atoms with Crippen molar-refractivity contribution in [1.82, 2.24) is 15.1 Å². The van der Waals surface area contributed by atoms with Crippen molar-refractivity contribution < 1.29 is 13.6 Å². The lowest BCUT2D eigenvalue weighted by molar-refractivity contribution is 0.0732. The minimum atomic E-state index is -0.290. The molecule has 126 valence electrons. The smallest absolute Gasteiger partial charge is 0.254 e. The molecular formula is C18H13BrFN3O2. The van der Waals surface area contributed by atoms with Gasteiger partial charge in [0.15, 0.2) is 0 Å². The van der Waals surface area contributed by atoms with Crippen LogP contribution < -0.4 is 0 Å². The molecule has 0 aliphatic carbocycles. The van der Waals surface area contributed by atoms with Crippen molar-refractivity contribution in [1.29, 1.82) is 0 Å². The Kier molecular flexibility index (Phi) is 4.09. The zero-order valence-electron chi connectivity index (χ0n) is 13.1. The highest BCUT2D eigenvalue weighted by atomic mass is 79.9. The second-order valence-electron chi connectivity index (χ2n) is 5.83. The summed E-state index contributed by atoms with van der Waals surface area (Å²) < 4.78 is 20.1. The Morgan fingerprint density at radius 1 is 1.28 bits per heavy atom. The highest BCUT2D eigenvalue weighted by molar-refractivity contribution is 9.10. The van der Waals surface area contributed by atoms with E-state index >= 15 is 0 Å². The Morgan fingerprint density at radius 3 is 2.96 bits per heavy atom. The van der Waals surface area contributed by atoms with Gasteiger partial charge in [0.05, 0.1) is 0 Å². The average Bonchev–Trinajstić information content (AvgIpc) is 3.15. The van der Waals surface area contributed by atoms with E-state index in [1.165, 1.54) is 12.5 Å². The van der Waals surface area contributed by atoms with Crippen LogP contribution in [0.1, 0.15) is 21.5 Å². The second kappa shape index (κ2) is 6.40. The maximum Gasteiger partial charge on any atom is 0.254 e. The first-order chi connectivity index (χ1) is 12.1. The Bertz CT molecular complexity index is 943. The molecule has 7 heteroatoms. The van der Waals surface area contributed by atoms with Crippen LogP contribution >= 0.6 is 15.9 Å². The summed E-state index contributed by atoms with van der Waals surface area (Å²) in [6.45, 7) is 0.810. The molecule has 2 aromatic carbocycles. The minimum absolute atomic E-state index is 0.144. The predicted octanol–water partition coefficient (Wildman–Crippen LogP) is 3.84. The van der Waals surface area contributed by atoms with E-state index < -0.39 is 0 Å². The molecule has 0 spiro atoms. The molecule has 1 amide bonds. The maximum atomic E-state index is 14.2. The number of amides is 1. The first-order valence-corrected chi connectivity index (χ1v) is 8.54. The summed E-state index contributed by atoms with van der Waals surface area (Å²) in [5.74, 6) is -0.0784. The SMILES string of the molecule is O=C(c1cccc(-c2nnco2)c1)N1CCc2cc(Br)cc(F)c2C1. The summed E-state index contributed by atoms with van der Waals surface area (Å²) in [6, 6.07) is 10.4. The fraction of sp³-hybridized carbons (Fsp3) is 0.167. The zero-order chi connectivity index (χ0) is 17.4. The molecule has 1 aliphatic heterocycles. The van der Waals surface area contributed by atoms with Crippen molar-refractivity contribution in [2.24, 2.45) is 0 Å². The molecule has 0 fully saturated rings. The van der Waals surface area contributed by atoms with E-state index in [9.17, 15) is 9.18 Å². The third kappa shape index (κ3) is 3.07. The molecule has 4 rings (SSSR count). The number of benzene rings is 2. The number of aromatic nitrogens is 2. The molecule has 3 aromatic rings. The first kappa shape index (κ1) is 16.0. The van der Waals surface area contributed by atoms with Crippen LogP contribution in [0.3, 0.4) is 0 Å². The van der Waals surface area contributed by atoms with Crippen molar-refractivity contribution in [2.75, 3.05) is 6.54 Å². The number of carbonyl (C=O) groups is 1. The van der Waals surface area contributed by atoms with Gasteiger partial charge in [0.2, 0.25) is 12.3 Å². The number of rotatable bonds is 2. The van der Waals surface area contributed by atoms with E-state index in [1.807, 2.05) is 6.07 Å². The van der Waals surface area contributed by atoms with E-state index in [4.69, 9.17) is 4.42 Å². The van der Waals surface area contributed by atoms with Gasteiger partial charge >= 0.3 is 0 Å². The summed E-state index contributed by atoms with van der Waals surface area (Å²) in [5.41, 5.74) is 2.71. The lowest BCUT2D eigenvalue weighted by Crippen LogP contribution is -2.36. The van der Waals surface area contributed by atoms with Gasteiger partial charge in [-0.1, -0.05) is 22.0 Å². The number of nitrogens with zero attached hydrogens (tertiary/aromatic N) is 3. The zero-order valence-corrected chi connectivity index (χ0v) is 14.7. The van der Waals surface area contributed by atoms with Gasteiger partial charge in [-0.2, -0.15) is 0 Å². The van der Waals surface area contributed by atoms with Crippen molar-refractivity contribution in [2.45, 2.75) is 13.0 Å². The fourth-order valence-corrected chi connectivity index (χ4v) is 3.50.